The normalized spacial score (nSPS) is 12.0. The summed E-state index contributed by atoms with van der Waals surface area (Å²) in [6, 6.07) is 9.15. The third-order valence-corrected chi connectivity index (χ3v) is 3.47. The highest BCUT2D eigenvalue weighted by Gasteiger charge is 2.15. The van der Waals surface area contributed by atoms with Gasteiger partial charge in [-0.3, -0.25) is 4.79 Å². The molecule has 0 spiro atoms. The number of aryl methyl sites for hydroxylation is 1. The molecule has 2 heterocycles. The minimum absolute atomic E-state index is 0.167. The van der Waals surface area contributed by atoms with Crippen molar-refractivity contribution in [3.8, 4) is 11.4 Å². The summed E-state index contributed by atoms with van der Waals surface area (Å²) in [5.41, 5.74) is 2.08. The highest BCUT2D eigenvalue weighted by molar-refractivity contribution is 5.57. The van der Waals surface area contributed by atoms with Gasteiger partial charge in [0.1, 0.15) is 5.52 Å². The maximum Gasteiger partial charge on any atom is 0.275 e. The Morgan fingerprint density at radius 2 is 1.90 bits per heavy atom. The molecule has 0 unspecified atom stereocenters. The van der Waals surface area contributed by atoms with Crippen LogP contribution in [0, 0.1) is 6.92 Å². The van der Waals surface area contributed by atoms with E-state index in [1.54, 1.807) is 24.4 Å². The molecule has 0 saturated heterocycles. The average molecular weight is 283 g/mol. The molecule has 0 radical (unpaired) electrons. The lowest BCUT2D eigenvalue weighted by atomic mass is 9.97. The molecule has 3 aromatic rings. The van der Waals surface area contributed by atoms with Crippen LogP contribution in [0.25, 0.3) is 16.9 Å². The summed E-state index contributed by atoms with van der Waals surface area (Å²) >= 11 is 0. The van der Waals surface area contributed by atoms with Gasteiger partial charge in [-0.05, 0) is 38.0 Å². The molecule has 0 fully saturated rings. The maximum atomic E-state index is 12.1. The maximum absolute atomic E-state index is 12.1. The van der Waals surface area contributed by atoms with Gasteiger partial charge in [0, 0.05) is 11.8 Å². The highest BCUT2D eigenvalue weighted by atomic mass is 16.3. The second kappa shape index (κ2) is 4.56. The van der Waals surface area contributed by atoms with Crippen molar-refractivity contribution in [2.75, 3.05) is 0 Å². The van der Waals surface area contributed by atoms with Gasteiger partial charge in [0.15, 0.2) is 5.82 Å². The zero-order chi connectivity index (χ0) is 15.2. The topological polar surface area (TPSA) is 70.4 Å². The van der Waals surface area contributed by atoms with Crippen LogP contribution in [0.15, 0.2) is 41.3 Å². The molecule has 0 bridgehead atoms. The van der Waals surface area contributed by atoms with Crippen molar-refractivity contribution in [2.45, 2.75) is 26.4 Å². The number of aromatic amines is 1. The number of benzene rings is 1. The molecular weight excluding hydrogens is 266 g/mol. The van der Waals surface area contributed by atoms with Crippen molar-refractivity contribution in [2.24, 2.45) is 0 Å². The van der Waals surface area contributed by atoms with E-state index in [1.165, 1.54) is 0 Å². The van der Waals surface area contributed by atoms with Crippen LogP contribution < -0.4 is 5.56 Å². The molecule has 3 rings (SSSR count). The van der Waals surface area contributed by atoms with Crippen molar-refractivity contribution in [3.05, 3.63) is 58.0 Å². The zero-order valence-corrected chi connectivity index (χ0v) is 12.2. The molecule has 0 aliphatic heterocycles. The SMILES string of the molecule is Cc1cc2c(=O)[nH]c(-c3ccc(C(C)(C)O)cc3)nn2c1. The van der Waals surface area contributed by atoms with Crippen molar-refractivity contribution in [3.63, 3.8) is 0 Å². The number of nitrogens with zero attached hydrogens (tertiary/aromatic N) is 2. The average Bonchev–Trinajstić information content (AvgIpc) is 2.79. The second-order valence-corrected chi connectivity index (χ2v) is 5.79. The summed E-state index contributed by atoms with van der Waals surface area (Å²) in [7, 11) is 0. The lowest BCUT2D eigenvalue weighted by molar-refractivity contribution is 0.0786. The molecule has 5 heteroatoms. The van der Waals surface area contributed by atoms with E-state index in [9.17, 15) is 9.90 Å². The molecule has 2 aromatic heterocycles. The van der Waals surface area contributed by atoms with Gasteiger partial charge in [-0.15, -0.1) is 5.10 Å². The van der Waals surface area contributed by atoms with Crippen LogP contribution in [-0.2, 0) is 5.60 Å². The van der Waals surface area contributed by atoms with Crippen LogP contribution in [0.3, 0.4) is 0 Å². The molecule has 5 nitrogen and oxygen atoms in total. The molecule has 0 saturated carbocycles. The summed E-state index contributed by atoms with van der Waals surface area (Å²) in [4.78, 5) is 14.8. The molecule has 0 aliphatic rings. The Bertz CT molecular complexity index is 852. The molecule has 2 N–H and O–H groups in total. The molecular formula is C16H17N3O2. The van der Waals surface area contributed by atoms with Crippen LogP contribution in [-0.4, -0.2) is 19.7 Å². The van der Waals surface area contributed by atoms with Crippen LogP contribution in [0.2, 0.25) is 0 Å². The standard InChI is InChI=1S/C16H17N3O2/c1-10-8-13-15(20)17-14(18-19(13)9-10)11-4-6-12(7-5-11)16(2,3)21/h4-9,21H,1-3H3,(H,17,18,20). The smallest absolute Gasteiger partial charge is 0.275 e. The zero-order valence-electron chi connectivity index (χ0n) is 12.2. The lowest BCUT2D eigenvalue weighted by Crippen LogP contribution is -2.15. The second-order valence-electron chi connectivity index (χ2n) is 5.79. The minimum Gasteiger partial charge on any atom is -0.386 e. The van der Waals surface area contributed by atoms with E-state index in [2.05, 4.69) is 10.1 Å². The largest absolute Gasteiger partial charge is 0.386 e. The molecule has 0 amide bonds. The first-order valence-electron chi connectivity index (χ1n) is 6.77. The van der Waals surface area contributed by atoms with Crippen molar-refractivity contribution >= 4 is 5.52 Å². The number of hydrogen-bond acceptors (Lipinski definition) is 3. The van der Waals surface area contributed by atoms with Gasteiger partial charge >= 0.3 is 0 Å². The number of rotatable bonds is 2. The highest BCUT2D eigenvalue weighted by Crippen LogP contribution is 2.22. The van der Waals surface area contributed by atoms with E-state index in [-0.39, 0.29) is 5.56 Å². The Hall–Kier alpha value is -2.40. The van der Waals surface area contributed by atoms with Gasteiger partial charge in [0.25, 0.3) is 5.56 Å². The van der Waals surface area contributed by atoms with Crippen LogP contribution in [0.4, 0.5) is 0 Å². The summed E-state index contributed by atoms with van der Waals surface area (Å²) in [5, 5.41) is 14.4. The molecule has 0 aliphatic carbocycles. The van der Waals surface area contributed by atoms with Gasteiger partial charge in [-0.1, -0.05) is 24.3 Å². The molecule has 1 aromatic carbocycles. The van der Waals surface area contributed by atoms with E-state index in [1.807, 2.05) is 37.4 Å². The Balaban J connectivity index is 2.10. The fourth-order valence-corrected chi connectivity index (χ4v) is 2.30. The fourth-order valence-electron chi connectivity index (χ4n) is 2.30. The van der Waals surface area contributed by atoms with Crippen molar-refractivity contribution in [1.29, 1.82) is 0 Å². The first-order valence-corrected chi connectivity index (χ1v) is 6.77. The van der Waals surface area contributed by atoms with E-state index >= 15 is 0 Å². The van der Waals surface area contributed by atoms with Gasteiger partial charge in [-0.25, -0.2) is 4.52 Å². The molecule has 0 atom stereocenters. The minimum atomic E-state index is -0.888. The first kappa shape index (κ1) is 13.6. The number of fused-ring (bicyclic) bond motifs is 1. The summed E-state index contributed by atoms with van der Waals surface area (Å²) in [6.07, 6.45) is 1.82. The predicted molar refractivity (Wildman–Crippen MR) is 81.2 cm³/mol. The number of hydrogen-bond donors (Lipinski definition) is 2. The third kappa shape index (κ3) is 2.48. The van der Waals surface area contributed by atoms with Crippen LogP contribution in [0.5, 0.6) is 0 Å². The summed E-state index contributed by atoms with van der Waals surface area (Å²) in [5.74, 6) is 0.505. The number of nitrogens with one attached hydrogen (secondary N) is 1. The number of H-pyrrole nitrogens is 1. The van der Waals surface area contributed by atoms with Gasteiger partial charge in [-0.2, -0.15) is 0 Å². The van der Waals surface area contributed by atoms with E-state index in [0.717, 1.165) is 16.7 Å². The fraction of sp³-hybridized carbons (Fsp3) is 0.250. The third-order valence-electron chi connectivity index (χ3n) is 3.47. The van der Waals surface area contributed by atoms with Crippen molar-refractivity contribution < 1.29 is 5.11 Å². The van der Waals surface area contributed by atoms with Gasteiger partial charge in [0.2, 0.25) is 0 Å². The Labute approximate surface area is 121 Å². The Morgan fingerprint density at radius 3 is 2.52 bits per heavy atom. The predicted octanol–water partition coefficient (Wildman–Crippen LogP) is 2.23. The monoisotopic (exact) mass is 283 g/mol. The van der Waals surface area contributed by atoms with Crippen molar-refractivity contribution in [1.82, 2.24) is 14.6 Å². The van der Waals surface area contributed by atoms with E-state index < -0.39 is 5.60 Å². The first-order chi connectivity index (χ1) is 9.84. The van der Waals surface area contributed by atoms with E-state index in [4.69, 9.17) is 0 Å². The Kier molecular flexibility index (Phi) is 2.95. The number of aromatic nitrogens is 3. The molecule has 21 heavy (non-hydrogen) atoms. The number of aliphatic hydroxyl groups is 1. The van der Waals surface area contributed by atoms with Gasteiger partial charge < -0.3 is 10.1 Å². The summed E-state index contributed by atoms with van der Waals surface area (Å²) < 4.78 is 1.59. The van der Waals surface area contributed by atoms with Crippen LogP contribution >= 0.6 is 0 Å². The summed E-state index contributed by atoms with van der Waals surface area (Å²) in [6.45, 7) is 5.39. The lowest BCUT2D eigenvalue weighted by Gasteiger charge is -2.17. The Morgan fingerprint density at radius 1 is 1.24 bits per heavy atom. The van der Waals surface area contributed by atoms with Crippen LogP contribution in [0.1, 0.15) is 25.0 Å². The van der Waals surface area contributed by atoms with Gasteiger partial charge in [0.05, 0.1) is 5.60 Å². The quantitative estimate of drug-likeness (QED) is 0.757. The molecule has 108 valence electrons. The van der Waals surface area contributed by atoms with E-state index in [0.29, 0.717) is 11.3 Å².